The van der Waals surface area contributed by atoms with E-state index in [9.17, 15) is 4.39 Å². The fraction of sp³-hybridized carbons (Fsp3) is 0.304. The first-order valence-corrected chi connectivity index (χ1v) is 9.36. The molecule has 0 aliphatic rings. The van der Waals surface area contributed by atoms with Crippen LogP contribution in [0.5, 0.6) is 5.75 Å². The van der Waals surface area contributed by atoms with Crippen molar-refractivity contribution < 1.29 is 9.13 Å². The summed E-state index contributed by atoms with van der Waals surface area (Å²) < 4.78 is 20.1. The normalized spacial score (nSPS) is 10.4. The van der Waals surface area contributed by atoms with E-state index in [1.165, 1.54) is 12.3 Å². The number of hydrogen-bond acceptors (Lipinski definition) is 3. The van der Waals surface area contributed by atoms with E-state index in [1.807, 2.05) is 25.7 Å². The van der Waals surface area contributed by atoms with Crippen molar-refractivity contribution in [3.8, 4) is 11.8 Å². The van der Waals surface area contributed by atoms with Crippen LogP contribution in [0.1, 0.15) is 43.0 Å². The first-order valence-electron chi connectivity index (χ1n) is 9.36. The molecule has 2 aromatic carbocycles. The molecule has 4 nitrogen and oxygen atoms in total. The molecule has 146 valence electrons. The summed E-state index contributed by atoms with van der Waals surface area (Å²) >= 11 is 0. The molecular weight excluding hydrogens is 353 g/mol. The summed E-state index contributed by atoms with van der Waals surface area (Å²) in [5, 5.41) is 17.8. The molecule has 0 radical (unpaired) electrons. The molecule has 0 bridgehead atoms. The van der Waals surface area contributed by atoms with Gasteiger partial charge in [0.25, 0.3) is 0 Å². The average molecular weight is 379 g/mol. The van der Waals surface area contributed by atoms with E-state index in [0.29, 0.717) is 47.7 Å². The average Bonchev–Trinajstić information content (AvgIpc) is 2.68. The lowest BCUT2D eigenvalue weighted by molar-refractivity contribution is 0.365. The zero-order chi connectivity index (χ0) is 20.7. The molecule has 0 aliphatic heterocycles. The summed E-state index contributed by atoms with van der Waals surface area (Å²) in [5.74, 6) is 0.587. The largest absolute Gasteiger partial charge is 0.465 e. The zero-order valence-electron chi connectivity index (χ0n) is 16.6. The van der Waals surface area contributed by atoms with E-state index in [0.717, 1.165) is 5.56 Å². The first-order chi connectivity index (χ1) is 13.4. The predicted molar refractivity (Wildman–Crippen MR) is 110 cm³/mol. The van der Waals surface area contributed by atoms with E-state index in [2.05, 4.69) is 12.6 Å². The zero-order valence-corrected chi connectivity index (χ0v) is 16.6. The minimum Gasteiger partial charge on any atom is -0.465 e. The Morgan fingerprint density at radius 2 is 2.07 bits per heavy atom. The number of nitriles is 1. The van der Waals surface area contributed by atoms with Crippen molar-refractivity contribution in [3.63, 3.8) is 0 Å². The lowest BCUT2D eigenvalue weighted by Crippen LogP contribution is -2.37. The Morgan fingerprint density at radius 1 is 1.32 bits per heavy atom. The molecule has 0 heterocycles. The summed E-state index contributed by atoms with van der Waals surface area (Å²) in [6.07, 6.45) is 2.20. The highest BCUT2D eigenvalue weighted by Crippen LogP contribution is 2.25. The Bertz CT molecular complexity index is 899. The number of nitrogens with zero attached hydrogens (tertiary/aromatic N) is 2. The van der Waals surface area contributed by atoms with Gasteiger partial charge in [-0.2, -0.15) is 5.26 Å². The van der Waals surface area contributed by atoms with Gasteiger partial charge in [0, 0.05) is 18.2 Å². The van der Waals surface area contributed by atoms with Gasteiger partial charge in [0.1, 0.15) is 17.4 Å². The number of rotatable bonds is 8. The lowest BCUT2D eigenvalue weighted by Gasteiger charge is -2.29. The summed E-state index contributed by atoms with van der Waals surface area (Å²) in [5.41, 5.74) is 2.41. The molecule has 28 heavy (non-hydrogen) atoms. The van der Waals surface area contributed by atoms with E-state index >= 15 is 0 Å². The molecule has 5 heteroatoms. The van der Waals surface area contributed by atoms with Crippen molar-refractivity contribution in [1.29, 1.82) is 10.7 Å². The predicted octanol–water partition coefficient (Wildman–Crippen LogP) is 5.06. The van der Waals surface area contributed by atoms with E-state index in [-0.39, 0.29) is 11.9 Å². The quantitative estimate of drug-likeness (QED) is 0.396. The topological polar surface area (TPSA) is 60.1 Å². The minimum atomic E-state index is -0.329. The maximum absolute atomic E-state index is 14.7. The number of aryl methyl sites for hydroxylation is 1. The Hall–Kier alpha value is -3.13. The van der Waals surface area contributed by atoms with Crippen molar-refractivity contribution >= 4 is 5.84 Å². The number of amidine groups is 1. The van der Waals surface area contributed by atoms with Gasteiger partial charge in [0.05, 0.1) is 17.9 Å². The Morgan fingerprint density at radius 3 is 2.68 bits per heavy atom. The molecule has 0 saturated carbocycles. The fourth-order valence-electron chi connectivity index (χ4n) is 3.28. The number of halogens is 1. The standard InChI is InChI=1S/C23H26FN3O/c1-5-27(16(3)4)23(26)20-8-7-9-21(24)19(20)12-11-18-14-17(15-25)10-13-22(18)28-6-2/h6-10,13-14,16,26H,2,5,11-12H2,1,3-4H3. The van der Waals surface area contributed by atoms with Gasteiger partial charge in [-0.25, -0.2) is 4.39 Å². The van der Waals surface area contributed by atoms with Crippen LogP contribution < -0.4 is 4.74 Å². The van der Waals surface area contributed by atoms with E-state index in [1.54, 1.807) is 30.3 Å². The van der Waals surface area contributed by atoms with Gasteiger partial charge in [-0.05, 0) is 69.0 Å². The molecule has 0 aromatic heterocycles. The third-order valence-corrected chi connectivity index (χ3v) is 4.67. The highest BCUT2D eigenvalue weighted by atomic mass is 19.1. The maximum atomic E-state index is 14.7. The summed E-state index contributed by atoms with van der Waals surface area (Å²) in [7, 11) is 0. The molecule has 0 spiro atoms. The molecular formula is C23H26FN3O. The summed E-state index contributed by atoms with van der Waals surface area (Å²) in [6, 6.07) is 12.3. The number of benzene rings is 2. The molecule has 2 rings (SSSR count). The van der Waals surface area contributed by atoms with Gasteiger partial charge < -0.3 is 9.64 Å². The molecule has 0 unspecified atom stereocenters. The molecule has 0 amide bonds. The van der Waals surface area contributed by atoms with Crippen LogP contribution in [0.15, 0.2) is 49.2 Å². The van der Waals surface area contributed by atoms with Gasteiger partial charge in [-0.15, -0.1) is 0 Å². The van der Waals surface area contributed by atoms with Crippen LogP contribution in [0, 0.1) is 22.6 Å². The van der Waals surface area contributed by atoms with Crippen LogP contribution >= 0.6 is 0 Å². The van der Waals surface area contributed by atoms with Gasteiger partial charge in [0.2, 0.25) is 0 Å². The minimum absolute atomic E-state index is 0.147. The van der Waals surface area contributed by atoms with E-state index < -0.39 is 0 Å². The van der Waals surface area contributed by atoms with Gasteiger partial charge in [-0.3, -0.25) is 5.41 Å². The van der Waals surface area contributed by atoms with Crippen LogP contribution in [-0.2, 0) is 12.8 Å². The van der Waals surface area contributed by atoms with Crippen molar-refractivity contribution in [2.24, 2.45) is 0 Å². The second-order valence-corrected chi connectivity index (χ2v) is 6.71. The molecule has 0 aliphatic carbocycles. The van der Waals surface area contributed by atoms with Gasteiger partial charge >= 0.3 is 0 Å². The Kier molecular flexibility index (Phi) is 7.34. The smallest absolute Gasteiger partial charge is 0.129 e. The first kappa shape index (κ1) is 21.2. The van der Waals surface area contributed by atoms with Crippen molar-refractivity contribution in [2.75, 3.05) is 6.54 Å². The van der Waals surface area contributed by atoms with Crippen LogP contribution in [0.25, 0.3) is 0 Å². The number of nitrogens with one attached hydrogen (secondary N) is 1. The van der Waals surface area contributed by atoms with Crippen molar-refractivity contribution in [1.82, 2.24) is 4.90 Å². The second kappa shape index (κ2) is 9.70. The number of ether oxygens (including phenoxy) is 1. The van der Waals surface area contributed by atoms with Gasteiger partial charge in [0.15, 0.2) is 0 Å². The third-order valence-electron chi connectivity index (χ3n) is 4.67. The Balaban J connectivity index is 2.37. The molecule has 2 aromatic rings. The highest BCUT2D eigenvalue weighted by molar-refractivity contribution is 5.98. The van der Waals surface area contributed by atoms with Crippen LogP contribution in [0.2, 0.25) is 0 Å². The van der Waals surface area contributed by atoms with Gasteiger partial charge in [-0.1, -0.05) is 18.7 Å². The molecule has 0 saturated heterocycles. The van der Waals surface area contributed by atoms with Crippen molar-refractivity contribution in [2.45, 2.75) is 39.7 Å². The summed E-state index contributed by atoms with van der Waals surface area (Å²) in [4.78, 5) is 1.93. The van der Waals surface area contributed by atoms with Crippen molar-refractivity contribution in [3.05, 3.63) is 77.3 Å². The molecule has 0 atom stereocenters. The molecule has 1 N–H and O–H groups in total. The molecule has 0 fully saturated rings. The lowest BCUT2D eigenvalue weighted by atomic mass is 9.96. The summed E-state index contributed by atoms with van der Waals surface area (Å²) in [6.45, 7) is 10.3. The monoisotopic (exact) mass is 379 g/mol. The maximum Gasteiger partial charge on any atom is 0.129 e. The highest BCUT2D eigenvalue weighted by Gasteiger charge is 2.19. The number of hydrogen-bond donors (Lipinski definition) is 1. The van der Waals surface area contributed by atoms with Crippen LogP contribution in [0.3, 0.4) is 0 Å². The van der Waals surface area contributed by atoms with E-state index in [4.69, 9.17) is 15.4 Å². The second-order valence-electron chi connectivity index (χ2n) is 6.71. The van der Waals surface area contributed by atoms with Crippen LogP contribution in [0.4, 0.5) is 4.39 Å². The Labute approximate surface area is 166 Å². The SMILES string of the molecule is C=COc1ccc(C#N)cc1CCc1c(F)cccc1C(=N)N(CC)C(C)C. The fourth-order valence-corrected chi connectivity index (χ4v) is 3.28. The third kappa shape index (κ3) is 4.77. The van der Waals surface area contributed by atoms with Crippen LogP contribution in [-0.4, -0.2) is 23.3 Å².